The Morgan fingerprint density at radius 2 is 1.06 bits per heavy atom. The topological polar surface area (TPSA) is 32.5 Å². The van der Waals surface area contributed by atoms with E-state index in [-0.39, 0.29) is 0 Å². The number of nitrogens with zero attached hydrogens (tertiary/aromatic N) is 3. The van der Waals surface area contributed by atoms with Crippen LogP contribution in [0, 0.1) is 0 Å². The Morgan fingerprint density at radius 1 is 0.576 bits per heavy atom. The van der Waals surface area contributed by atoms with E-state index in [1.165, 1.54) is 11.4 Å². The quantitative estimate of drug-likeness (QED) is 0.273. The van der Waals surface area contributed by atoms with Gasteiger partial charge in [-0.25, -0.2) is 4.98 Å². The SMILES string of the molecule is CCN(CC)c1ccc(-c2nc(-c3ccc(N(CC)CC)cc3)c(-c3ccccc3)o2)cc1. The maximum absolute atomic E-state index is 6.38. The van der Waals surface area contributed by atoms with Gasteiger partial charge in [-0.3, -0.25) is 0 Å². The zero-order valence-electron chi connectivity index (χ0n) is 20.1. The van der Waals surface area contributed by atoms with E-state index in [1.54, 1.807) is 0 Å². The van der Waals surface area contributed by atoms with Crippen LogP contribution in [0.3, 0.4) is 0 Å². The molecule has 0 aliphatic rings. The Hall–Kier alpha value is -3.53. The summed E-state index contributed by atoms with van der Waals surface area (Å²) in [6.07, 6.45) is 0. The lowest BCUT2D eigenvalue weighted by molar-refractivity contribution is 0.589. The third-order valence-electron chi connectivity index (χ3n) is 6.18. The largest absolute Gasteiger partial charge is 0.435 e. The molecule has 170 valence electrons. The number of rotatable bonds is 9. The number of hydrogen-bond donors (Lipinski definition) is 0. The maximum atomic E-state index is 6.38. The fraction of sp³-hybridized carbons (Fsp3) is 0.276. The molecule has 0 saturated heterocycles. The minimum absolute atomic E-state index is 0.641. The minimum atomic E-state index is 0.641. The van der Waals surface area contributed by atoms with Gasteiger partial charge < -0.3 is 14.2 Å². The van der Waals surface area contributed by atoms with E-state index in [4.69, 9.17) is 9.40 Å². The predicted octanol–water partition coefficient (Wildman–Crippen LogP) is 7.37. The molecule has 4 rings (SSSR count). The van der Waals surface area contributed by atoms with Crippen LogP contribution in [0.1, 0.15) is 27.7 Å². The lowest BCUT2D eigenvalue weighted by Gasteiger charge is -2.21. The summed E-state index contributed by atoms with van der Waals surface area (Å²) in [5.74, 6) is 1.44. The van der Waals surface area contributed by atoms with Crippen LogP contribution in [0.5, 0.6) is 0 Å². The molecule has 0 bridgehead atoms. The molecule has 1 heterocycles. The first-order valence-corrected chi connectivity index (χ1v) is 11.9. The van der Waals surface area contributed by atoms with Crippen molar-refractivity contribution in [1.82, 2.24) is 4.98 Å². The molecule has 0 amide bonds. The Balaban J connectivity index is 1.74. The van der Waals surface area contributed by atoms with E-state index >= 15 is 0 Å². The van der Waals surface area contributed by atoms with Crippen molar-refractivity contribution in [2.45, 2.75) is 27.7 Å². The summed E-state index contributed by atoms with van der Waals surface area (Å²) in [6, 6.07) is 27.3. The summed E-state index contributed by atoms with van der Waals surface area (Å²) < 4.78 is 6.38. The van der Waals surface area contributed by atoms with Gasteiger partial charge in [0.15, 0.2) is 5.76 Å². The van der Waals surface area contributed by atoms with E-state index in [9.17, 15) is 0 Å². The monoisotopic (exact) mass is 439 g/mol. The second-order valence-corrected chi connectivity index (χ2v) is 8.00. The van der Waals surface area contributed by atoms with Gasteiger partial charge in [-0.05, 0) is 64.1 Å². The lowest BCUT2D eigenvalue weighted by atomic mass is 10.1. The van der Waals surface area contributed by atoms with Gasteiger partial charge in [-0.1, -0.05) is 42.5 Å². The number of oxazole rings is 1. The van der Waals surface area contributed by atoms with E-state index in [0.717, 1.165) is 54.3 Å². The summed E-state index contributed by atoms with van der Waals surface area (Å²) in [7, 11) is 0. The second-order valence-electron chi connectivity index (χ2n) is 8.00. The molecule has 0 unspecified atom stereocenters. The van der Waals surface area contributed by atoms with Gasteiger partial charge in [-0.2, -0.15) is 0 Å². The smallest absolute Gasteiger partial charge is 0.227 e. The third-order valence-corrected chi connectivity index (χ3v) is 6.18. The van der Waals surface area contributed by atoms with Crippen LogP contribution >= 0.6 is 0 Å². The Kier molecular flexibility index (Phi) is 7.13. The highest BCUT2D eigenvalue weighted by Gasteiger charge is 2.18. The van der Waals surface area contributed by atoms with Gasteiger partial charge in [-0.15, -0.1) is 0 Å². The average Bonchev–Trinajstić information content (AvgIpc) is 3.32. The summed E-state index contributed by atoms with van der Waals surface area (Å²) in [4.78, 5) is 9.63. The van der Waals surface area contributed by atoms with Gasteiger partial charge in [0.25, 0.3) is 0 Å². The van der Waals surface area contributed by atoms with Crippen molar-refractivity contribution >= 4 is 11.4 Å². The standard InChI is InChI=1S/C29H33N3O/c1-5-31(6-2)25-18-14-22(15-19-25)27-28(23-12-10-9-11-13-23)33-29(30-27)24-16-20-26(21-17-24)32(7-3)8-4/h9-21H,5-8H2,1-4H3. The van der Waals surface area contributed by atoms with Crippen molar-refractivity contribution in [2.75, 3.05) is 36.0 Å². The molecule has 0 atom stereocenters. The summed E-state index contributed by atoms with van der Waals surface area (Å²) in [6.45, 7) is 12.7. The highest BCUT2D eigenvalue weighted by molar-refractivity contribution is 5.80. The van der Waals surface area contributed by atoms with Crippen molar-refractivity contribution in [3.63, 3.8) is 0 Å². The first kappa shape index (κ1) is 22.7. The van der Waals surface area contributed by atoms with E-state index in [1.807, 2.05) is 18.2 Å². The fourth-order valence-electron chi connectivity index (χ4n) is 4.25. The van der Waals surface area contributed by atoms with Crippen molar-refractivity contribution < 1.29 is 4.42 Å². The average molecular weight is 440 g/mol. The molecule has 1 aromatic heterocycles. The highest BCUT2D eigenvalue weighted by atomic mass is 16.4. The first-order valence-electron chi connectivity index (χ1n) is 11.9. The van der Waals surface area contributed by atoms with Crippen LogP contribution in [0.25, 0.3) is 34.0 Å². The van der Waals surface area contributed by atoms with Crippen LogP contribution in [-0.4, -0.2) is 31.2 Å². The fourth-order valence-corrected chi connectivity index (χ4v) is 4.25. The molecule has 0 aliphatic carbocycles. The second kappa shape index (κ2) is 10.4. The van der Waals surface area contributed by atoms with Crippen molar-refractivity contribution in [2.24, 2.45) is 0 Å². The Morgan fingerprint density at radius 3 is 1.55 bits per heavy atom. The Labute approximate surface area is 197 Å². The van der Waals surface area contributed by atoms with Gasteiger partial charge in [0.2, 0.25) is 5.89 Å². The first-order chi connectivity index (χ1) is 16.2. The van der Waals surface area contributed by atoms with E-state index in [0.29, 0.717) is 5.89 Å². The van der Waals surface area contributed by atoms with Crippen LogP contribution in [0.15, 0.2) is 83.3 Å². The number of anilines is 2. The van der Waals surface area contributed by atoms with Crippen molar-refractivity contribution in [3.05, 3.63) is 78.9 Å². The Bertz CT molecular complexity index is 1140. The van der Waals surface area contributed by atoms with Gasteiger partial charge in [0.1, 0.15) is 5.69 Å². The normalized spacial score (nSPS) is 10.9. The molecule has 4 nitrogen and oxygen atoms in total. The highest BCUT2D eigenvalue weighted by Crippen LogP contribution is 2.37. The zero-order chi connectivity index (χ0) is 23.2. The number of benzene rings is 3. The molecule has 3 aromatic carbocycles. The van der Waals surface area contributed by atoms with E-state index in [2.05, 4.69) is 98.2 Å². The van der Waals surface area contributed by atoms with Gasteiger partial charge >= 0.3 is 0 Å². The number of hydrogen-bond acceptors (Lipinski definition) is 4. The number of aromatic nitrogens is 1. The van der Waals surface area contributed by atoms with Crippen LogP contribution < -0.4 is 9.80 Å². The van der Waals surface area contributed by atoms with Crippen LogP contribution in [0.2, 0.25) is 0 Å². The van der Waals surface area contributed by atoms with Crippen LogP contribution in [0.4, 0.5) is 11.4 Å². The molecule has 0 N–H and O–H groups in total. The molecule has 0 aliphatic heterocycles. The molecule has 0 radical (unpaired) electrons. The molecule has 4 heteroatoms. The summed E-state index contributed by atoms with van der Waals surface area (Å²) >= 11 is 0. The van der Waals surface area contributed by atoms with Crippen LogP contribution in [-0.2, 0) is 0 Å². The molecular formula is C29H33N3O. The lowest BCUT2D eigenvalue weighted by Crippen LogP contribution is -2.21. The van der Waals surface area contributed by atoms with Gasteiger partial charge in [0, 0.05) is 54.2 Å². The molecular weight excluding hydrogens is 406 g/mol. The molecule has 0 saturated carbocycles. The molecule has 0 fully saturated rings. The molecule has 4 aromatic rings. The van der Waals surface area contributed by atoms with Gasteiger partial charge in [0.05, 0.1) is 0 Å². The molecule has 33 heavy (non-hydrogen) atoms. The molecule has 0 spiro atoms. The van der Waals surface area contributed by atoms with E-state index < -0.39 is 0 Å². The predicted molar refractivity (Wildman–Crippen MR) is 140 cm³/mol. The summed E-state index contributed by atoms with van der Waals surface area (Å²) in [5, 5.41) is 0. The minimum Gasteiger partial charge on any atom is -0.435 e. The maximum Gasteiger partial charge on any atom is 0.227 e. The zero-order valence-corrected chi connectivity index (χ0v) is 20.1. The van der Waals surface area contributed by atoms with Crippen molar-refractivity contribution in [1.29, 1.82) is 0 Å². The van der Waals surface area contributed by atoms with Crippen molar-refractivity contribution in [3.8, 4) is 34.0 Å². The summed E-state index contributed by atoms with van der Waals surface area (Å²) in [5.41, 5.74) is 6.37. The third kappa shape index (κ3) is 4.80.